The van der Waals surface area contributed by atoms with Crippen LogP contribution in [0.4, 0.5) is 0 Å². The van der Waals surface area contributed by atoms with Crippen LogP contribution >= 0.6 is 0 Å². The highest BCUT2D eigenvalue weighted by atomic mass is 16.5. The minimum Gasteiger partial charge on any atom is -0.379 e. The molecule has 3 fully saturated rings. The molecule has 0 aromatic rings. The first-order valence-electron chi connectivity index (χ1n) is 9.68. The van der Waals surface area contributed by atoms with Crippen LogP contribution in [0.5, 0.6) is 0 Å². The summed E-state index contributed by atoms with van der Waals surface area (Å²) in [5, 5.41) is 0. The van der Waals surface area contributed by atoms with E-state index in [0.29, 0.717) is 24.2 Å². The van der Waals surface area contributed by atoms with Gasteiger partial charge in [-0.05, 0) is 43.9 Å². The molecular formula is C19H34O4. The summed E-state index contributed by atoms with van der Waals surface area (Å²) in [4.78, 5) is 0. The highest BCUT2D eigenvalue weighted by Gasteiger charge is 2.38. The maximum atomic E-state index is 6.02. The van der Waals surface area contributed by atoms with Crippen molar-refractivity contribution in [2.75, 3.05) is 33.0 Å². The van der Waals surface area contributed by atoms with E-state index in [-0.39, 0.29) is 0 Å². The third kappa shape index (κ3) is 6.00. The Labute approximate surface area is 141 Å². The van der Waals surface area contributed by atoms with E-state index in [1.165, 1.54) is 32.1 Å². The second kappa shape index (κ2) is 8.80. The van der Waals surface area contributed by atoms with Crippen molar-refractivity contribution in [1.82, 2.24) is 0 Å². The molecule has 23 heavy (non-hydrogen) atoms. The average Bonchev–Trinajstić information content (AvgIpc) is 3.44. The summed E-state index contributed by atoms with van der Waals surface area (Å²) in [6.45, 7) is 8.64. The maximum Gasteiger partial charge on any atom is 0.0830 e. The van der Waals surface area contributed by atoms with Crippen LogP contribution in [0.2, 0.25) is 0 Å². The summed E-state index contributed by atoms with van der Waals surface area (Å²) in [7, 11) is 0. The number of hydrogen-bond acceptors (Lipinski definition) is 4. The van der Waals surface area contributed by atoms with Crippen LogP contribution in [0.15, 0.2) is 0 Å². The van der Waals surface area contributed by atoms with Crippen LogP contribution in [-0.4, -0.2) is 51.3 Å². The normalized spacial score (nSPS) is 37.0. The van der Waals surface area contributed by atoms with Gasteiger partial charge in [-0.15, -0.1) is 0 Å². The Morgan fingerprint density at radius 1 is 1.04 bits per heavy atom. The molecule has 0 N–H and O–H groups in total. The standard InChI is InChI=1S/C19H34O4/c1-3-15-9-18(15)21-7-4-5-16-10-19(16)23-12-14(2)11-22-17-6-8-20-13-17/h14-19H,3-13H2,1-2H3/t14?,15-,16-,17+,18-,19?/m0/s1. The molecule has 134 valence electrons. The summed E-state index contributed by atoms with van der Waals surface area (Å²) >= 11 is 0. The van der Waals surface area contributed by atoms with E-state index < -0.39 is 0 Å². The predicted molar refractivity (Wildman–Crippen MR) is 89.6 cm³/mol. The first-order chi connectivity index (χ1) is 11.3. The molecule has 0 aromatic heterocycles. The van der Waals surface area contributed by atoms with Crippen molar-refractivity contribution in [3.05, 3.63) is 0 Å². The summed E-state index contributed by atoms with van der Waals surface area (Å²) in [6.07, 6.45) is 8.69. The molecule has 3 rings (SSSR count). The molecule has 1 saturated heterocycles. The molecule has 4 heteroatoms. The van der Waals surface area contributed by atoms with Crippen LogP contribution in [0.3, 0.4) is 0 Å². The van der Waals surface area contributed by atoms with Crippen molar-refractivity contribution in [1.29, 1.82) is 0 Å². The first-order valence-corrected chi connectivity index (χ1v) is 9.68. The van der Waals surface area contributed by atoms with Gasteiger partial charge in [0.15, 0.2) is 0 Å². The van der Waals surface area contributed by atoms with Crippen LogP contribution in [0.1, 0.15) is 52.4 Å². The zero-order valence-electron chi connectivity index (χ0n) is 14.9. The molecule has 1 aliphatic heterocycles. The smallest absolute Gasteiger partial charge is 0.0830 e. The topological polar surface area (TPSA) is 36.9 Å². The van der Waals surface area contributed by atoms with Crippen LogP contribution in [-0.2, 0) is 18.9 Å². The van der Waals surface area contributed by atoms with Crippen molar-refractivity contribution in [3.8, 4) is 0 Å². The zero-order chi connectivity index (χ0) is 16.1. The van der Waals surface area contributed by atoms with Gasteiger partial charge in [-0.25, -0.2) is 0 Å². The molecule has 0 bridgehead atoms. The lowest BCUT2D eigenvalue weighted by atomic mass is 10.2. The van der Waals surface area contributed by atoms with E-state index in [0.717, 1.165) is 51.3 Å². The van der Waals surface area contributed by atoms with Crippen LogP contribution in [0, 0.1) is 17.8 Å². The Balaban J connectivity index is 1.14. The third-order valence-electron chi connectivity index (χ3n) is 5.39. The fourth-order valence-electron chi connectivity index (χ4n) is 3.44. The minimum absolute atomic E-state index is 0.310. The van der Waals surface area contributed by atoms with E-state index in [1.807, 2.05) is 0 Å². The van der Waals surface area contributed by atoms with Gasteiger partial charge >= 0.3 is 0 Å². The molecule has 2 saturated carbocycles. The lowest BCUT2D eigenvalue weighted by Crippen LogP contribution is -2.20. The van der Waals surface area contributed by atoms with Crippen molar-refractivity contribution >= 4 is 0 Å². The van der Waals surface area contributed by atoms with Gasteiger partial charge in [0.25, 0.3) is 0 Å². The van der Waals surface area contributed by atoms with E-state index in [1.54, 1.807) is 0 Å². The zero-order valence-corrected chi connectivity index (χ0v) is 14.9. The van der Waals surface area contributed by atoms with Gasteiger partial charge in [-0.3, -0.25) is 0 Å². The fourth-order valence-corrected chi connectivity index (χ4v) is 3.44. The Morgan fingerprint density at radius 2 is 1.83 bits per heavy atom. The highest BCUT2D eigenvalue weighted by Crippen LogP contribution is 2.39. The lowest BCUT2D eigenvalue weighted by Gasteiger charge is -2.15. The molecule has 2 unspecified atom stereocenters. The molecule has 6 atom stereocenters. The Kier molecular flexibility index (Phi) is 6.75. The molecule has 0 amide bonds. The monoisotopic (exact) mass is 326 g/mol. The van der Waals surface area contributed by atoms with E-state index >= 15 is 0 Å². The molecular weight excluding hydrogens is 292 g/mol. The average molecular weight is 326 g/mol. The van der Waals surface area contributed by atoms with E-state index in [2.05, 4.69) is 13.8 Å². The number of hydrogen-bond donors (Lipinski definition) is 0. The Bertz CT molecular complexity index is 342. The summed E-state index contributed by atoms with van der Waals surface area (Å²) in [5.41, 5.74) is 0. The van der Waals surface area contributed by atoms with Gasteiger partial charge in [0, 0.05) is 19.1 Å². The van der Waals surface area contributed by atoms with Gasteiger partial charge < -0.3 is 18.9 Å². The lowest BCUT2D eigenvalue weighted by molar-refractivity contribution is -0.00395. The highest BCUT2D eigenvalue weighted by molar-refractivity contribution is 4.88. The van der Waals surface area contributed by atoms with Crippen LogP contribution < -0.4 is 0 Å². The second-order valence-corrected chi connectivity index (χ2v) is 7.75. The molecule has 0 spiro atoms. The largest absolute Gasteiger partial charge is 0.379 e. The number of ether oxygens (including phenoxy) is 4. The first kappa shape index (κ1) is 17.7. The Hall–Kier alpha value is -0.160. The molecule has 0 aromatic carbocycles. The van der Waals surface area contributed by atoms with Gasteiger partial charge in [-0.2, -0.15) is 0 Å². The quantitative estimate of drug-likeness (QED) is 0.515. The van der Waals surface area contributed by atoms with Gasteiger partial charge in [0.2, 0.25) is 0 Å². The van der Waals surface area contributed by atoms with Crippen molar-refractivity contribution in [2.24, 2.45) is 17.8 Å². The molecule has 4 nitrogen and oxygen atoms in total. The number of rotatable bonds is 12. The van der Waals surface area contributed by atoms with Gasteiger partial charge in [0.1, 0.15) is 0 Å². The van der Waals surface area contributed by atoms with Gasteiger partial charge in [-0.1, -0.05) is 20.3 Å². The van der Waals surface area contributed by atoms with Crippen molar-refractivity contribution in [3.63, 3.8) is 0 Å². The van der Waals surface area contributed by atoms with Crippen molar-refractivity contribution in [2.45, 2.75) is 70.7 Å². The maximum absolute atomic E-state index is 6.02. The van der Waals surface area contributed by atoms with E-state index in [4.69, 9.17) is 18.9 Å². The molecule has 2 aliphatic carbocycles. The third-order valence-corrected chi connectivity index (χ3v) is 5.39. The summed E-state index contributed by atoms with van der Waals surface area (Å²) in [6, 6.07) is 0. The fraction of sp³-hybridized carbons (Fsp3) is 1.00. The van der Waals surface area contributed by atoms with Crippen LogP contribution in [0.25, 0.3) is 0 Å². The predicted octanol–water partition coefficient (Wildman–Crippen LogP) is 3.43. The van der Waals surface area contributed by atoms with Gasteiger partial charge in [0.05, 0.1) is 38.1 Å². The summed E-state index contributed by atoms with van der Waals surface area (Å²) < 4.78 is 23.1. The van der Waals surface area contributed by atoms with Crippen molar-refractivity contribution < 1.29 is 18.9 Å². The SMILES string of the molecule is CC[C@H]1C[C@@H]1OCCC[C@H]1CC1OCC(C)CO[C@@H]1CCOC1. The second-order valence-electron chi connectivity index (χ2n) is 7.75. The Morgan fingerprint density at radius 3 is 2.57 bits per heavy atom. The molecule has 0 radical (unpaired) electrons. The molecule has 1 heterocycles. The minimum atomic E-state index is 0.310. The van der Waals surface area contributed by atoms with E-state index in [9.17, 15) is 0 Å². The molecule has 3 aliphatic rings. The summed E-state index contributed by atoms with van der Waals surface area (Å²) in [5.74, 6) is 2.10.